The second-order valence-corrected chi connectivity index (χ2v) is 9.26. The highest BCUT2D eigenvalue weighted by molar-refractivity contribution is 5.66. The SMILES string of the molecule is CC(COCc1cc2n(n1)C(C)CN(c1ncc(C(F)(F)F)cn1)C2)N(C(=O)O)C(C)(C)C. The van der Waals surface area contributed by atoms with Crippen LogP contribution in [0.1, 0.15) is 57.6 Å². The number of rotatable bonds is 6. The fourth-order valence-electron chi connectivity index (χ4n) is 4.05. The zero-order valence-electron chi connectivity index (χ0n) is 19.3. The van der Waals surface area contributed by atoms with E-state index in [-0.39, 0.29) is 31.2 Å². The minimum Gasteiger partial charge on any atom is -0.465 e. The van der Waals surface area contributed by atoms with Crippen LogP contribution in [0.3, 0.4) is 0 Å². The van der Waals surface area contributed by atoms with E-state index in [1.54, 1.807) is 6.92 Å². The Morgan fingerprint density at radius 2 is 1.94 bits per heavy atom. The molecule has 1 N–H and O–H groups in total. The zero-order chi connectivity index (χ0) is 24.6. The first kappa shape index (κ1) is 24.7. The Morgan fingerprint density at radius 1 is 1.30 bits per heavy atom. The van der Waals surface area contributed by atoms with Crippen LogP contribution in [-0.2, 0) is 24.1 Å². The lowest BCUT2D eigenvalue weighted by atomic mass is 10.0. The average molecular weight is 470 g/mol. The Morgan fingerprint density at radius 3 is 2.48 bits per heavy atom. The number of hydrogen-bond donors (Lipinski definition) is 1. The highest BCUT2D eigenvalue weighted by Gasteiger charge is 2.33. The van der Waals surface area contributed by atoms with Gasteiger partial charge in [-0.2, -0.15) is 18.3 Å². The second-order valence-electron chi connectivity index (χ2n) is 9.26. The van der Waals surface area contributed by atoms with Crippen LogP contribution in [0, 0.1) is 0 Å². The number of alkyl halides is 3. The first-order valence-electron chi connectivity index (χ1n) is 10.6. The van der Waals surface area contributed by atoms with Crippen molar-refractivity contribution in [1.29, 1.82) is 0 Å². The fraction of sp³-hybridized carbons (Fsp3) is 0.619. The van der Waals surface area contributed by atoms with E-state index in [4.69, 9.17) is 4.74 Å². The standard InChI is InChI=1S/C21H29F3N6O3/c1-13-9-28(18-25-7-15(8-26-18)21(22,23)24)10-17-6-16(27-30(13)17)12-33-11-14(2)29(19(31)32)20(3,4)5/h6-8,13-14H,9-12H2,1-5H3,(H,31,32). The van der Waals surface area contributed by atoms with Gasteiger partial charge in [-0.05, 0) is 40.7 Å². The molecule has 0 bridgehead atoms. The molecule has 9 nitrogen and oxygen atoms in total. The molecule has 0 aliphatic carbocycles. The van der Waals surface area contributed by atoms with Gasteiger partial charge in [0.2, 0.25) is 5.95 Å². The van der Waals surface area contributed by atoms with Crippen LogP contribution < -0.4 is 4.90 Å². The van der Waals surface area contributed by atoms with Crippen LogP contribution in [0.2, 0.25) is 0 Å². The molecular weight excluding hydrogens is 441 g/mol. The maximum atomic E-state index is 12.8. The molecule has 0 fully saturated rings. The lowest BCUT2D eigenvalue weighted by Gasteiger charge is -2.37. The highest BCUT2D eigenvalue weighted by atomic mass is 19.4. The summed E-state index contributed by atoms with van der Waals surface area (Å²) in [7, 11) is 0. The van der Waals surface area contributed by atoms with Crippen molar-refractivity contribution in [2.75, 3.05) is 18.1 Å². The predicted molar refractivity (Wildman–Crippen MR) is 114 cm³/mol. The molecule has 0 saturated heterocycles. The molecule has 0 aromatic carbocycles. The Bertz CT molecular complexity index is 971. The summed E-state index contributed by atoms with van der Waals surface area (Å²) in [6.07, 6.45) is -3.91. The van der Waals surface area contributed by atoms with Gasteiger partial charge in [0.25, 0.3) is 0 Å². The molecule has 2 unspecified atom stereocenters. The Balaban J connectivity index is 1.63. The third-order valence-corrected chi connectivity index (χ3v) is 5.35. The smallest absolute Gasteiger partial charge is 0.419 e. The van der Waals surface area contributed by atoms with Crippen molar-refractivity contribution in [3.05, 3.63) is 35.4 Å². The second kappa shape index (κ2) is 9.16. The summed E-state index contributed by atoms with van der Waals surface area (Å²) >= 11 is 0. The van der Waals surface area contributed by atoms with Crippen molar-refractivity contribution >= 4 is 12.0 Å². The molecular formula is C21H29F3N6O3. The summed E-state index contributed by atoms with van der Waals surface area (Å²) in [6.45, 7) is 10.6. The first-order valence-corrected chi connectivity index (χ1v) is 10.6. The quantitative estimate of drug-likeness (QED) is 0.683. The number of amides is 1. The van der Waals surface area contributed by atoms with Gasteiger partial charge < -0.3 is 14.7 Å². The van der Waals surface area contributed by atoms with E-state index in [9.17, 15) is 23.1 Å². The molecule has 0 saturated carbocycles. The number of ether oxygens (including phenoxy) is 1. The van der Waals surface area contributed by atoms with Crippen molar-refractivity contribution in [3.63, 3.8) is 0 Å². The van der Waals surface area contributed by atoms with Gasteiger partial charge in [-0.1, -0.05) is 0 Å². The maximum Gasteiger partial charge on any atom is 0.419 e. The lowest BCUT2D eigenvalue weighted by Crippen LogP contribution is -2.51. The van der Waals surface area contributed by atoms with Gasteiger partial charge >= 0.3 is 12.3 Å². The normalized spacial score (nSPS) is 17.6. The van der Waals surface area contributed by atoms with E-state index in [0.717, 1.165) is 18.1 Å². The van der Waals surface area contributed by atoms with Gasteiger partial charge in [0, 0.05) is 24.5 Å². The summed E-state index contributed by atoms with van der Waals surface area (Å²) in [5.74, 6) is 0.227. The number of carbonyl (C=O) groups is 1. The number of anilines is 1. The molecule has 0 radical (unpaired) electrons. The van der Waals surface area contributed by atoms with Crippen molar-refractivity contribution in [3.8, 4) is 0 Å². The average Bonchev–Trinajstić information content (AvgIpc) is 3.09. The van der Waals surface area contributed by atoms with E-state index in [1.165, 1.54) is 4.90 Å². The number of aromatic nitrogens is 4. The van der Waals surface area contributed by atoms with E-state index in [0.29, 0.717) is 18.8 Å². The molecule has 3 heterocycles. The summed E-state index contributed by atoms with van der Waals surface area (Å²) in [4.78, 5) is 22.5. The van der Waals surface area contributed by atoms with Gasteiger partial charge in [0.1, 0.15) is 0 Å². The van der Waals surface area contributed by atoms with E-state index in [1.807, 2.05) is 43.3 Å². The van der Waals surface area contributed by atoms with Crippen LogP contribution in [0.5, 0.6) is 0 Å². The Hall–Kier alpha value is -2.89. The largest absolute Gasteiger partial charge is 0.465 e. The summed E-state index contributed by atoms with van der Waals surface area (Å²) in [5, 5.41) is 14.1. The van der Waals surface area contributed by atoms with Crippen LogP contribution >= 0.6 is 0 Å². The molecule has 12 heteroatoms. The molecule has 33 heavy (non-hydrogen) atoms. The van der Waals surface area contributed by atoms with Crippen molar-refractivity contribution in [1.82, 2.24) is 24.6 Å². The minimum atomic E-state index is -4.48. The lowest BCUT2D eigenvalue weighted by molar-refractivity contribution is -0.138. The van der Waals surface area contributed by atoms with Gasteiger partial charge in [-0.25, -0.2) is 14.8 Å². The number of hydrogen-bond acceptors (Lipinski definition) is 6. The number of fused-ring (bicyclic) bond motifs is 1. The van der Waals surface area contributed by atoms with Crippen LogP contribution in [0.15, 0.2) is 18.5 Å². The molecule has 3 rings (SSSR count). The minimum absolute atomic E-state index is 0.0456. The summed E-state index contributed by atoms with van der Waals surface area (Å²) in [6, 6.07) is 1.48. The van der Waals surface area contributed by atoms with Crippen molar-refractivity contribution < 1.29 is 27.8 Å². The zero-order valence-corrected chi connectivity index (χ0v) is 19.3. The Kier molecular flexibility index (Phi) is 6.87. The molecule has 2 atom stereocenters. The van der Waals surface area contributed by atoms with Gasteiger partial charge in [-0.15, -0.1) is 0 Å². The molecule has 0 spiro atoms. The molecule has 1 amide bonds. The monoisotopic (exact) mass is 470 g/mol. The topological polar surface area (TPSA) is 96.6 Å². The van der Waals surface area contributed by atoms with E-state index >= 15 is 0 Å². The Labute approximate surface area is 190 Å². The molecule has 1 aliphatic heterocycles. The molecule has 2 aromatic rings. The van der Waals surface area contributed by atoms with E-state index in [2.05, 4.69) is 15.1 Å². The van der Waals surface area contributed by atoms with Crippen LogP contribution in [0.4, 0.5) is 23.9 Å². The summed E-state index contributed by atoms with van der Waals surface area (Å²) < 4.78 is 45.9. The van der Waals surface area contributed by atoms with E-state index < -0.39 is 23.4 Å². The molecule has 2 aromatic heterocycles. The maximum absolute atomic E-state index is 12.8. The predicted octanol–water partition coefficient (Wildman–Crippen LogP) is 3.96. The molecule has 1 aliphatic rings. The highest BCUT2D eigenvalue weighted by Crippen LogP contribution is 2.30. The van der Waals surface area contributed by atoms with Crippen LogP contribution in [0.25, 0.3) is 0 Å². The van der Waals surface area contributed by atoms with Crippen molar-refractivity contribution in [2.24, 2.45) is 0 Å². The summed E-state index contributed by atoms with van der Waals surface area (Å²) in [5.41, 5.74) is 0.118. The third-order valence-electron chi connectivity index (χ3n) is 5.35. The number of nitrogens with zero attached hydrogens (tertiary/aromatic N) is 6. The number of halogens is 3. The van der Waals surface area contributed by atoms with Crippen molar-refractivity contribution in [2.45, 2.75) is 71.6 Å². The molecule has 182 valence electrons. The van der Waals surface area contributed by atoms with Gasteiger partial charge in [-0.3, -0.25) is 9.58 Å². The van der Waals surface area contributed by atoms with Gasteiger partial charge in [0.05, 0.1) is 48.8 Å². The van der Waals surface area contributed by atoms with Crippen LogP contribution in [-0.4, -0.2) is 60.6 Å². The number of carboxylic acid groups (broad SMARTS) is 1. The third kappa shape index (κ3) is 5.73. The fourth-order valence-corrected chi connectivity index (χ4v) is 4.05. The first-order chi connectivity index (χ1) is 15.3. The van der Waals surface area contributed by atoms with Gasteiger partial charge in [0.15, 0.2) is 0 Å².